The van der Waals surface area contributed by atoms with Gasteiger partial charge in [-0.2, -0.15) is 16.6 Å². The predicted octanol–water partition coefficient (Wildman–Crippen LogP) is 2.86. The van der Waals surface area contributed by atoms with E-state index in [4.69, 9.17) is 5.26 Å². The smallest absolute Gasteiger partial charge is 0.266 e. The number of aromatic nitrogens is 1. The molecule has 3 rings (SSSR count). The number of sulfonamides is 1. The first-order valence-corrected chi connectivity index (χ1v) is 9.85. The Kier molecular flexibility index (Phi) is 4.44. The van der Waals surface area contributed by atoms with Crippen LogP contribution in [0.5, 0.6) is 0 Å². The number of thiophene rings is 1. The molecule has 6 nitrogen and oxygen atoms in total. The largest absolute Gasteiger partial charge is 0.284 e. The highest BCUT2D eigenvalue weighted by atomic mass is 32.2. The number of nitriles is 1. The third kappa shape index (κ3) is 3.35. The quantitative estimate of drug-likeness (QED) is 0.756. The van der Waals surface area contributed by atoms with Gasteiger partial charge in [-0.05, 0) is 29.6 Å². The minimum Gasteiger partial charge on any atom is -0.266 e. The Morgan fingerprint density at radius 2 is 2.08 bits per heavy atom. The molecule has 1 aromatic carbocycles. The number of rotatable bonds is 4. The first-order chi connectivity index (χ1) is 11.5. The third-order valence-corrected chi connectivity index (χ3v) is 5.91. The molecule has 0 aliphatic heterocycles. The number of hydrogen-bond donors (Lipinski definition) is 1. The summed E-state index contributed by atoms with van der Waals surface area (Å²) in [4.78, 5) is 16.2. The molecule has 0 saturated carbocycles. The molecular weight excluding hydrogens is 366 g/mol. The van der Waals surface area contributed by atoms with Crippen LogP contribution in [0.4, 0.5) is 0 Å². The van der Waals surface area contributed by atoms with Crippen molar-refractivity contribution in [2.24, 2.45) is 0 Å². The Morgan fingerprint density at radius 1 is 1.25 bits per heavy atom. The van der Waals surface area contributed by atoms with Gasteiger partial charge in [-0.25, -0.2) is 18.1 Å². The standard InChI is InChI=1S/C15H9N3O3S3/c16-7-10-2-1-3-12(6-10)24(20,21)18-14(19)13-9-23-15(17-13)11-4-5-22-8-11/h1-6,8-9H,(H,18,19). The second-order valence-corrected chi connectivity index (χ2v) is 7.94. The van der Waals surface area contributed by atoms with Gasteiger partial charge < -0.3 is 0 Å². The van der Waals surface area contributed by atoms with E-state index in [0.29, 0.717) is 5.01 Å². The summed E-state index contributed by atoms with van der Waals surface area (Å²) in [5.41, 5.74) is 1.11. The van der Waals surface area contributed by atoms with Gasteiger partial charge >= 0.3 is 0 Å². The van der Waals surface area contributed by atoms with Gasteiger partial charge in [0.1, 0.15) is 10.7 Å². The molecule has 0 fully saturated rings. The summed E-state index contributed by atoms with van der Waals surface area (Å²) in [6, 6.07) is 9.16. The number of thiazole rings is 1. The van der Waals surface area contributed by atoms with Crippen LogP contribution in [0.2, 0.25) is 0 Å². The van der Waals surface area contributed by atoms with Crippen molar-refractivity contribution in [3.63, 3.8) is 0 Å². The van der Waals surface area contributed by atoms with Crippen LogP contribution in [0.25, 0.3) is 10.6 Å². The molecule has 120 valence electrons. The van der Waals surface area contributed by atoms with Crippen LogP contribution in [0, 0.1) is 11.3 Å². The lowest BCUT2D eigenvalue weighted by Crippen LogP contribution is -2.30. The van der Waals surface area contributed by atoms with E-state index in [2.05, 4.69) is 4.98 Å². The van der Waals surface area contributed by atoms with Crippen LogP contribution in [0.15, 0.2) is 51.4 Å². The molecule has 2 aromatic heterocycles. The van der Waals surface area contributed by atoms with Gasteiger partial charge in [0.05, 0.1) is 16.5 Å². The van der Waals surface area contributed by atoms with Crippen LogP contribution in [-0.2, 0) is 10.0 Å². The predicted molar refractivity (Wildman–Crippen MR) is 91.2 cm³/mol. The van der Waals surface area contributed by atoms with E-state index in [9.17, 15) is 13.2 Å². The molecule has 24 heavy (non-hydrogen) atoms. The second kappa shape index (κ2) is 6.52. The molecule has 2 heterocycles. The third-order valence-electron chi connectivity index (χ3n) is 3.01. The Balaban J connectivity index is 1.82. The molecule has 0 radical (unpaired) electrons. The summed E-state index contributed by atoms with van der Waals surface area (Å²) in [7, 11) is -4.07. The highest BCUT2D eigenvalue weighted by Crippen LogP contribution is 2.25. The van der Waals surface area contributed by atoms with E-state index in [1.165, 1.54) is 52.3 Å². The fourth-order valence-electron chi connectivity index (χ4n) is 1.86. The van der Waals surface area contributed by atoms with Crippen LogP contribution in [0.3, 0.4) is 0 Å². The maximum atomic E-state index is 12.3. The molecule has 3 aromatic rings. The molecule has 1 N–H and O–H groups in total. The zero-order valence-electron chi connectivity index (χ0n) is 12.0. The lowest BCUT2D eigenvalue weighted by molar-refractivity contribution is 0.0977. The number of amides is 1. The fourth-order valence-corrected chi connectivity index (χ4v) is 4.38. The summed E-state index contributed by atoms with van der Waals surface area (Å²) < 4.78 is 26.5. The Hall–Kier alpha value is -2.54. The molecule has 0 spiro atoms. The van der Waals surface area contributed by atoms with Crippen molar-refractivity contribution in [1.29, 1.82) is 5.26 Å². The minimum absolute atomic E-state index is 0.0289. The summed E-state index contributed by atoms with van der Waals surface area (Å²) in [6.07, 6.45) is 0. The summed E-state index contributed by atoms with van der Waals surface area (Å²) >= 11 is 2.77. The number of carbonyl (C=O) groups excluding carboxylic acids is 1. The molecular formula is C15H9N3O3S3. The van der Waals surface area contributed by atoms with Crippen LogP contribution < -0.4 is 4.72 Å². The van der Waals surface area contributed by atoms with Crippen LogP contribution in [0.1, 0.15) is 16.1 Å². The highest BCUT2D eigenvalue weighted by Gasteiger charge is 2.21. The van der Waals surface area contributed by atoms with Gasteiger partial charge in [0, 0.05) is 16.3 Å². The van der Waals surface area contributed by atoms with Crippen molar-refractivity contribution >= 4 is 38.6 Å². The lowest BCUT2D eigenvalue weighted by atomic mass is 10.2. The van der Waals surface area contributed by atoms with E-state index in [-0.39, 0.29) is 16.2 Å². The SMILES string of the molecule is N#Cc1cccc(S(=O)(=O)NC(=O)c2csc(-c3ccsc3)n2)c1. The summed E-state index contributed by atoms with van der Waals surface area (Å²) in [5.74, 6) is -0.810. The first-order valence-electron chi connectivity index (χ1n) is 6.55. The molecule has 0 aliphatic carbocycles. The topological polar surface area (TPSA) is 99.9 Å². The Bertz CT molecular complexity index is 1030. The summed E-state index contributed by atoms with van der Waals surface area (Å²) in [5, 5.41) is 14.8. The average Bonchev–Trinajstić information content (AvgIpc) is 3.25. The van der Waals surface area contributed by atoms with E-state index >= 15 is 0 Å². The van der Waals surface area contributed by atoms with Crippen molar-refractivity contribution < 1.29 is 13.2 Å². The number of nitrogens with one attached hydrogen (secondary N) is 1. The van der Waals surface area contributed by atoms with Gasteiger partial charge in [-0.3, -0.25) is 4.79 Å². The van der Waals surface area contributed by atoms with Gasteiger partial charge in [0.25, 0.3) is 15.9 Å². The summed E-state index contributed by atoms with van der Waals surface area (Å²) in [6.45, 7) is 0. The van der Waals surface area contributed by atoms with Crippen LogP contribution >= 0.6 is 22.7 Å². The van der Waals surface area contributed by atoms with Gasteiger partial charge in [-0.15, -0.1) is 11.3 Å². The first kappa shape index (κ1) is 16.3. The minimum atomic E-state index is -4.07. The fraction of sp³-hybridized carbons (Fsp3) is 0. The van der Waals surface area contributed by atoms with Gasteiger partial charge in [0.15, 0.2) is 0 Å². The Labute approximate surface area is 146 Å². The number of hydrogen-bond acceptors (Lipinski definition) is 7. The van der Waals surface area contributed by atoms with E-state index < -0.39 is 15.9 Å². The van der Waals surface area contributed by atoms with E-state index in [1.54, 1.807) is 0 Å². The molecule has 0 unspecified atom stereocenters. The zero-order valence-corrected chi connectivity index (χ0v) is 14.4. The molecule has 9 heteroatoms. The van der Waals surface area contributed by atoms with Crippen molar-refractivity contribution in [2.75, 3.05) is 0 Å². The highest BCUT2D eigenvalue weighted by molar-refractivity contribution is 7.90. The Morgan fingerprint density at radius 3 is 2.79 bits per heavy atom. The lowest BCUT2D eigenvalue weighted by Gasteiger charge is -2.05. The maximum absolute atomic E-state index is 12.3. The maximum Gasteiger partial charge on any atom is 0.284 e. The van der Waals surface area contributed by atoms with Crippen molar-refractivity contribution in [3.05, 3.63) is 57.7 Å². The second-order valence-electron chi connectivity index (χ2n) is 4.62. The normalized spacial score (nSPS) is 11.0. The van der Waals surface area contributed by atoms with Crippen molar-refractivity contribution in [2.45, 2.75) is 4.90 Å². The number of nitrogens with zero attached hydrogens (tertiary/aromatic N) is 2. The van der Waals surface area contributed by atoms with Crippen molar-refractivity contribution in [3.8, 4) is 16.6 Å². The monoisotopic (exact) mass is 375 g/mol. The van der Waals surface area contributed by atoms with Gasteiger partial charge in [-0.1, -0.05) is 6.07 Å². The number of benzene rings is 1. The zero-order chi connectivity index (χ0) is 17.2. The van der Waals surface area contributed by atoms with E-state index in [0.717, 1.165) is 5.56 Å². The molecule has 0 saturated heterocycles. The molecule has 0 bridgehead atoms. The molecule has 0 atom stereocenters. The molecule has 0 aliphatic rings. The average molecular weight is 375 g/mol. The van der Waals surface area contributed by atoms with E-state index in [1.807, 2.05) is 27.6 Å². The van der Waals surface area contributed by atoms with Crippen molar-refractivity contribution in [1.82, 2.24) is 9.71 Å². The molecule has 1 amide bonds. The number of carbonyl (C=O) groups is 1. The van der Waals surface area contributed by atoms with Gasteiger partial charge in [0.2, 0.25) is 0 Å². The van der Waals surface area contributed by atoms with Crippen LogP contribution in [-0.4, -0.2) is 19.3 Å².